The fraction of sp³-hybridized carbons (Fsp3) is 0. The molecule has 0 saturated carbocycles. The van der Waals surface area contributed by atoms with Crippen molar-refractivity contribution in [1.82, 2.24) is 4.98 Å². The van der Waals surface area contributed by atoms with Gasteiger partial charge < -0.3 is 0 Å². The normalized spacial score (nSPS) is 10.5. The van der Waals surface area contributed by atoms with Crippen LogP contribution in [0.2, 0.25) is 0 Å². The van der Waals surface area contributed by atoms with Crippen LogP contribution in [-0.4, -0.2) is 4.98 Å². The maximum Gasteiger partial charge on any atom is 0.135 e. The molecular formula is C17H11F2N. The molecule has 0 saturated heterocycles. The van der Waals surface area contributed by atoms with Crippen LogP contribution >= 0.6 is 0 Å². The summed E-state index contributed by atoms with van der Waals surface area (Å²) in [5.41, 5.74) is 2.76. The van der Waals surface area contributed by atoms with Crippen LogP contribution in [-0.2, 0) is 0 Å². The molecule has 0 amide bonds. The predicted molar refractivity (Wildman–Crippen MR) is 75.0 cm³/mol. The Hall–Kier alpha value is -2.55. The number of benzene rings is 2. The molecule has 3 aromatic rings. The van der Waals surface area contributed by atoms with Gasteiger partial charge in [-0.05, 0) is 35.4 Å². The molecule has 0 aliphatic carbocycles. The first-order valence-electron chi connectivity index (χ1n) is 6.21. The van der Waals surface area contributed by atoms with Crippen molar-refractivity contribution in [2.45, 2.75) is 0 Å². The molecule has 3 rings (SSSR count). The van der Waals surface area contributed by atoms with Crippen molar-refractivity contribution >= 4 is 0 Å². The van der Waals surface area contributed by atoms with E-state index in [-0.39, 0.29) is 0 Å². The molecule has 2 aromatic carbocycles. The predicted octanol–water partition coefficient (Wildman–Crippen LogP) is 4.69. The minimum absolute atomic E-state index is 0.296. The molecule has 20 heavy (non-hydrogen) atoms. The Morgan fingerprint density at radius 2 is 1.55 bits per heavy atom. The third-order valence-corrected chi connectivity index (χ3v) is 3.07. The summed E-state index contributed by atoms with van der Waals surface area (Å²) in [6.07, 6.45) is 1.63. The highest BCUT2D eigenvalue weighted by Crippen LogP contribution is 2.26. The molecule has 0 atom stereocenters. The molecule has 1 heterocycles. The maximum absolute atomic E-state index is 13.8. The monoisotopic (exact) mass is 267 g/mol. The van der Waals surface area contributed by atoms with Crippen molar-refractivity contribution in [3.63, 3.8) is 0 Å². The number of aromatic nitrogens is 1. The first-order valence-corrected chi connectivity index (χ1v) is 6.21. The Bertz CT molecular complexity index is 739. The minimum Gasteiger partial charge on any atom is -0.256 e. The van der Waals surface area contributed by atoms with Crippen LogP contribution in [0.1, 0.15) is 0 Å². The van der Waals surface area contributed by atoms with E-state index < -0.39 is 11.6 Å². The molecule has 0 spiro atoms. The molecule has 0 N–H and O–H groups in total. The molecular weight excluding hydrogens is 256 g/mol. The number of nitrogens with zero attached hydrogens (tertiary/aromatic N) is 1. The molecule has 1 nitrogen and oxygen atoms in total. The average Bonchev–Trinajstić information content (AvgIpc) is 2.48. The van der Waals surface area contributed by atoms with E-state index in [2.05, 4.69) is 4.98 Å². The first kappa shape index (κ1) is 12.5. The van der Waals surface area contributed by atoms with Crippen molar-refractivity contribution in [1.29, 1.82) is 0 Å². The molecule has 0 fully saturated rings. The Morgan fingerprint density at radius 1 is 0.750 bits per heavy atom. The van der Waals surface area contributed by atoms with Gasteiger partial charge in [0, 0.05) is 17.8 Å². The van der Waals surface area contributed by atoms with Crippen LogP contribution in [0.3, 0.4) is 0 Å². The van der Waals surface area contributed by atoms with Gasteiger partial charge in [0.15, 0.2) is 0 Å². The quantitative estimate of drug-likeness (QED) is 0.656. The minimum atomic E-state index is -0.609. The average molecular weight is 267 g/mol. The van der Waals surface area contributed by atoms with Gasteiger partial charge in [0.1, 0.15) is 11.6 Å². The summed E-state index contributed by atoms with van der Waals surface area (Å²) in [4.78, 5) is 4.16. The van der Waals surface area contributed by atoms with Gasteiger partial charge in [0.05, 0.1) is 5.69 Å². The van der Waals surface area contributed by atoms with E-state index >= 15 is 0 Å². The molecule has 0 unspecified atom stereocenters. The van der Waals surface area contributed by atoms with Crippen LogP contribution < -0.4 is 0 Å². The van der Waals surface area contributed by atoms with Gasteiger partial charge in [-0.15, -0.1) is 0 Å². The lowest BCUT2D eigenvalue weighted by atomic mass is 10.0. The van der Waals surface area contributed by atoms with E-state index in [1.165, 1.54) is 12.1 Å². The largest absolute Gasteiger partial charge is 0.256 e. The van der Waals surface area contributed by atoms with E-state index in [9.17, 15) is 8.78 Å². The van der Waals surface area contributed by atoms with Gasteiger partial charge in [-0.3, -0.25) is 4.98 Å². The van der Waals surface area contributed by atoms with Crippen molar-refractivity contribution in [3.05, 3.63) is 78.5 Å². The zero-order chi connectivity index (χ0) is 13.9. The van der Waals surface area contributed by atoms with Crippen molar-refractivity contribution in [2.75, 3.05) is 0 Å². The zero-order valence-electron chi connectivity index (χ0n) is 10.6. The third kappa shape index (κ3) is 2.43. The van der Waals surface area contributed by atoms with Crippen molar-refractivity contribution in [2.24, 2.45) is 0 Å². The molecule has 0 aliphatic rings. The standard InChI is InChI=1S/C17H11F2N/c18-14-6-7-15(16(19)11-14)17-10-13(8-9-20-17)12-4-2-1-3-5-12/h1-11H. The Balaban J connectivity index is 2.08. The summed E-state index contributed by atoms with van der Waals surface area (Å²) in [6, 6.07) is 16.9. The first-order chi connectivity index (χ1) is 9.74. The fourth-order valence-corrected chi connectivity index (χ4v) is 2.09. The van der Waals surface area contributed by atoms with Gasteiger partial charge in [0.2, 0.25) is 0 Å². The van der Waals surface area contributed by atoms with Crippen LogP contribution in [0.4, 0.5) is 8.78 Å². The zero-order valence-corrected chi connectivity index (χ0v) is 10.6. The van der Waals surface area contributed by atoms with E-state index in [1.807, 2.05) is 36.4 Å². The van der Waals surface area contributed by atoms with E-state index in [4.69, 9.17) is 0 Å². The smallest absolute Gasteiger partial charge is 0.135 e. The Labute approximate surface area is 115 Å². The molecule has 3 heteroatoms. The third-order valence-electron chi connectivity index (χ3n) is 3.07. The number of pyridine rings is 1. The second kappa shape index (κ2) is 5.21. The molecule has 98 valence electrons. The summed E-state index contributed by atoms with van der Waals surface area (Å²) in [6.45, 7) is 0. The molecule has 0 aliphatic heterocycles. The lowest BCUT2D eigenvalue weighted by Crippen LogP contribution is -1.90. The van der Waals surface area contributed by atoms with Crippen LogP contribution in [0, 0.1) is 11.6 Å². The fourth-order valence-electron chi connectivity index (χ4n) is 2.09. The highest BCUT2D eigenvalue weighted by atomic mass is 19.1. The van der Waals surface area contributed by atoms with Crippen LogP contribution in [0.5, 0.6) is 0 Å². The summed E-state index contributed by atoms with van der Waals surface area (Å²) in [5, 5.41) is 0. The summed E-state index contributed by atoms with van der Waals surface area (Å²) in [5.74, 6) is -1.20. The summed E-state index contributed by atoms with van der Waals surface area (Å²) < 4.78 is 26.7. The molecule has 0 radical (unpaired) electrons. The number of hydrogen-bond donors (Lipinski definition) is 0. The van der Waals surface area contributed by atoms with Gasteiger partial charge in [-0.1, -0.05) is 30.3 Å². The van der Waals surface area contributed by atoms with E-state index in [1.54, 1.807) is 12.3 Å². The summed E-state index contributed by atoms with van der Waals surface area (Å²) >= 11 is 0. The van der Waals surface area contributed by atoms with Crippen molar-refractivity contribution < 1.29 is 8.78 Å². The topological polar surface area (TPSA) is 12.9 Å². The Morgan fingerprint density at radius 3 is 2.30 bits per heavy atom. The molecule has 0 bridgehead atoms. The van der Waals surface area contributed by atoms with Gasteiger partial charge >= 0.3 is 0 Å². The maximum atomic E-state index is 13.8. The van der Waals surface area contributed by atoms with Crippen molar-refractivity contribution in [3.8, 4) is 22.4 Å². The molecule has 1 aromatic heterocycles. The highest BCUT2D eigenvalue weighted by molar-refractivity contribution is 5.70. The highest BCUT2D eigenvalue weighted by Gasteiger charge is 2.08. The van der Waals surface area contributed by atoms with E-state index in [0.29, 0.717) is 11.3 Å². The second-order valence-electron chi connectivity index (χ2n) is 4.42. The lowest BCUT2D eigenvalue weighted by Gasteiger charge is -2.06. The van der Waals surface area contributed by atoms with E-state index in [0.717, 1.165) is 17.2 Å². The number of hydrogen-bond acceptors (Lipinski definition) is 1. The lowest BCUT2D eigenvalue weighted by molar-refractivity contribution is 0.585. The number of halogens is 2. The van der Waals surface area contributed by atoms with Gasteiger partial charge in [-0.25, -0.2) is 8.78 Å². The van der Waals surface area contributed by atoms with Crippen LogP contribution in [0.15, 0.2) is 66.9 Å². The summed E-state index contributed by atoms with van der Waals surface area (Å²) in [7, 11) is 0. The van der Waals surface area contributed by atoms with Gasteiger partial charge in [-0.2, -0.15) is 0 Å². The number of rotatable bonds is 2. The Kier molecular flexibility index (Phi) is 3.25. The van der Waals surface area contributed by atoms with Gasteiger partial charge in [0.25, 0.3) is 0 Å². The SMILES string of the molecule is Fc1ccc(-c2cc(-c3ccccc3)ccn2)c(F)c1. The van der Waals surface area contributed by atoms with Crippen LogP contribution in [0.25, 0.3) is 22.4 Å². The second-order valence-corrected chi connectivity index (χ2v) is 4.42.